The molecule has 0 fully saturated rings. The minimum Gasteiger partial charge on any atom is -0.349 e. The highest BCUT2D eigenvalue weighted by atomic mass is 19.1. The smallest absolute Gasteiger partial charge is 0.349 e. The predicted octanol–water partition coefficient (Wildman–Crippen LogP) is 2.68. The second-order valence-electron chi connectivity index (χ2n) is 5.24. The van der Waals surface area contributed by atoms with Gasteiger partial charge in [0.05, 0.1) is 11.1 Å². The van der Waals surface area contributed by atoms with Gasteiger partial charge in [-0.3, -0.25) is 9.59 Å². The molecule has 0 saturated carbocycles. The fourth-order valence-electron chi connectivity index (χ4n) is 2.59. The van der Waals surface area contributed by atoms with E-state index in [9.17, 15) is 18.8 Å². The molecule has 0 bridgehead atoms. The third-order valence-electron chi connectivity index (χ3n) is 3.74. The number of halogens is 1. The molecule has 3 aromatic rings. The van der Waals surface area contributed by atoms with E-state index in [0.29, 0.717) is 16.0 Å². The second kappa shape index (κ2) is 5.02. The first-order valence-electron chi connectivity index (χ1n) is 7.03. The SMILES string of the molecule is O=C(ON1C(=O)c2ccccc2C1=O)c1cc2ccc(F)cc2[nH]1. The van der Waals surface area contributed by atoms with Crippen LogP contribution in [0.25, 0.3) is 10.9 Å². The molecule has 0 radical (unpaired) electrons. The molecule has 0 spiro atoms. The van der Waals surface area contributed by atoms with Crippen LogP contribution < -0.4 is 0 Å². The molecule has 2 heterocycles. The molecule has 24 heavy (non-hydrogen) atoms. The lowest BCUT2D eigenvalue weighted by molar-refractivity contribution is -0.0587. The van der Waals surface area contributed by atoms with Crippen molar-refractivity contribution in [2.24, 2.45) is 0 Å². The number of imide groups is 1. The number of carbonyl (C=O) groups excluding carboxylic acids is 3. The minimum atomic E-state index is -0.916. The fraction of sp³-hybridized carbons (Fsp3) is 0. The predicted molar refractivity (Wildman–Crippen MR) is 80.6 cm³/mol. The highest BCUT2D eigenvalue weighted by Gasteiger charge is 2.38. The number of rotatable bonds is 2. The van der Waals surface area contributed by atoms with E-state index >= 15 is 0 Å². The molecule has 2 aromatic carbocycles. The maximum atomic E-state index is 13.2. The van der Waals surface area contributed by atoms with Crippen molar-refractivity contribution >= 4 is 28.7 Å². The van der Waals surface area contributed by atoms with E-state index in [-0.39, 0.29) is 16.8 Å². The molecule has 7 heteroatoms. The van der Waals surface area contributed by atoms with Crippen molar-refractivity contribution in [3.05, 3.63) is 71.2 Å². The Hall–Kier alpha value is -3.48. The van der Waals surface area contributed by atoms with Crippen LogP contribution in [0.4, 0.5) is 4.39 Å². The first-order valence-corrected chi connectivity index (χ1v) is 7.03. The second-order valence-corrected chi connectivity index (χ2v) is 5.24. The third kappa shape index (κ3) is 2.06. The van der Waals surface area contributed by atoms with Gasteiger partial charge in [-0.05, 0) is 36.4 Å². The van der Waals surface area contributed by atoms with Crippen LogP contribution in [0.5, 0.6) is 0 Å². The van der Waals surface area contributed by atoms with E-state index in [1.165, 1.54) is 36.4 Å². The quantitative estimate of drug-likeness (QED) is 0.735. The maximum absolute atomic E-state index is 13.2. The summed E-state index contributed by atoms with van der Waals surface area (Å²) in [5.74, 6) is -2.78. The van der Waals surface area contributed by atoms with Crippen molar-refractivity contribution in [3.8, 4) is 0 Å². The van der Waals surface area contributed by atoms with Gasteiger partial charge in [-0.15, -0.1) is 0 Å². The molecular formula is C17H9FN2O4. The van der Waals surface area contributed by atoms with Gasteiger partial charge in [-0.1, -0.05) is 17.2 Å². The number of nitrogens with zero attached hydrogens (tertiary/aromatic N) is 1. The number of hydrogen-bond donors (Lipinski definition) is 1. The van der Waals surface area contributed by atoms with Gasteiger partial charge in [-0.2, -0.15) is 0 Å². The Morgan fingerprint density at radius 1 is 1.00 bits per heavy atom. The van der Waals surface area contributed by atoms with E-state index in [1.54, 1.807) is 12.1 Å². The summed E-state index contributed by atoms with van der Waals surface area (Å²) in [6, 6.07) is 11.6. The number of aromatic nitrogens is 1. The summed E-state index contributed by atoms with van der Waals surface area (Å²) < 4.78 is 13.2. The standard InChI is InChI=1S/C17H9FN2O4/c18-10-6-5-9-7-14(19-13(9)8-10)17(23)24-20-15(21)11-3-1-2-4-12(11)16(20)22/h1-8,19H. The lowest BCUT2D eigenvalue weighted by Gasteiger charge is -2.11. The zero-order chi connectivity index (χ0) is 16.8. The monoisotopic (exact) mass is 324 g/mol. The number of benzene rings is 2. The summed E-state index contributed by atoms with van der Waals surface area (Å²) in [6.07, 6.45) is 0. The van der Waals surface area contributed by atoms with Crippen LogP contribution in [-0.4, -0.2) is 27.8 Å². The van der Waals surface area contributed by atoms with Crippen LogP contribution in [0.2, 0.25) is 0 Å². The Kier molecular flexibility index (Phi) is 2.96. The van der Waals surface area contributed by atoms with Crippen molar-refractivity contribution in [3.63, 3.8) is 0 Å². The lowest BCUT2D eigenvalue weighted by atomic mass is 10.1. The molecule has 1 aliphatic heterocycles. The summed E-state index contributed by atoms with van der Waals surface area (Å²) in [5, 5.41) is 1.03. The average molecular weight is 324 g/mol. The highest BCUT2D eigenvalue weighted by molar-refractivity contribution is 6.21. The molecule has 118 valence electrons. The minimum absolute atomic E-state index is 0.00663. The van der Waals surface area contributed by atoms with Gasteiger partial charge in [0.25, 0.3) is 11.8 Å². The van der Waals surface area contributed by atoms with E-state index in [2.05, 4.69) is 4.98 Å². The summed E-state index contributed by atoms with van der Waals surface area (Å²) in [7, 11) is 0. The number of aromatic amines is 1. The number of carbonyl (C=O) groups is 3. The Balaban J connectivity index is 1.62. The van der Waals surface area contributed by atoms with Crippen molar-refractivity contribution in [2.75, 3.05) is 0 Å². The highest BCUT2D eigenvalue weighted by Crippen LogP contribution is 2.24. The van der Waals surface area contributed by atoms with Gasteiger partial charge in [-0.25, -0.2) is 9.18 Å². The molecule has 0 unspecified atom stereocenters. The van der Waals surface area contributed by atoms with Crippen LogP contribution in [0.1, 0.15) is 31.2 Å². The number of amides is 2. The lowest BCUT2D eigenvalue weighted by Crippen LogP contribution is -2.32. The normalized spacial score (nSPS) is 13.5. The van der Waals surface area contributed by atoms with Crippen LogP contribution in [-0.2, 0) is 4.84 Å². The topological polar surface area (TPSA) is 79.5 Å². The number of hydroxylamine groups is 2. The summed E-state index contributed by atoms with van der Waals surface area (Å²) in [6.45, 7) is 0. The van der Waals surface area contributed by atoms with E-state index < -0.39 is 23.6 Å². The van der Waals surface area contributed by atoms with Gasteiger partial charge in [0.1, 0.15) is 11.5 Å². The van der Waals surface area contributed by atoms with Crippen LogP contribution in [0.15, 0.2) is 48.5 Å². The van der Waals surface area contributed by atoms with E-state index in [0.717, 1.165) is 0 Å². The number of fused-ring (bicyclic) bond motifs is 2. The zero-order valence-corrected chi connectivity index (χ0v) is 12.1. The number of hydrogen-bond acceptors (Lipinski definition) is 4. The Bertz CT molecular complexity index is 989. The van der Waals surface area contributed by atoms with Crippen LogP contribution in [0.3, 0.4) is 0 Å². The molecular weight excluding hydrogens is 315 g/mol. The molecule has 1 aliphatic rings. The third-order valence-corrected chi connectivity index (χ3v) is 3.74. The number of H-pyrrole nitrogens is 1. The number of nitrogens with one attached hydrogen (secondary N) is 1. The van der Waals surface area contributed by atoms with Gasteiger partial charge in [0.15, 0.2) is 0 Å². The van der Waals surface area contributed by atoms with Crippen molar-refractivity contribution < 1.29 is 23.6 Å². The van der Waals surface area contributed by atoms with Gasteiger partial charge < -0.3 is 9.82 Å². The molecule has 6 nitrogen and oxygen atoms in total. The molecule has 0 atom stereocenters. The first-order chi connectivity index (χ1) is 11.5. The summed E-state index contributed by atoms with van der Waals surface area (Å²) in [4.78, 5) is 44.2. The van der Waals surface area contributed by atoms with Crippen molar-refractivity contribution in [2.45, 2.75) is 0 Å². The molecule has 4 rings (SSSR count). The van der Waals surface area contributed by atoms with Gasteiger partial charge in [0, 0.05) is 10.9 Å². The van der Waals surface area contributed by atoms with Crippen LogP contribution >= 0.6 is 0 Å². The molecule has 2 amide bonds. The van der Waals surface area contributed by atoms with E-state index in [1.807, 2.05) is 0 Å². The Morgan fingerprint density at radius 2 is 1.67 bits per heavy atom. The molecule has 1 aromatic heterocycles. The van der Waals surface area contributed by atoms with Crippen LogP contribution in [0, 0.1) is 5.82 Å². The fourth-order valence-corrected chi connectivity index (χ4v) is 2.59. The van der Waals surface area contributed by atoms with Crippen molar-refractivity contribution in [1.82, 2.24) is 10.0 Å². The largest absolute Gasteiger partial charge is 0.380 e. The molecule has 0 aliphatic carbocycles. The van der Waals surface area contributed by atoms with Gasteiger partial charge in [0.2, 0.25) is 0 Å². The Morgan fingerprint density at radius 3 is 2.33 bits per heavy atom. The van der Waals surface area contributed by atoms with Gasteiger partial charge >= 0.3 is 5.97 Å². The first kappa shape index (κ1) is 14.1. The molecule has 0 saturated heterocycles. The summed E-state index contributed by atoms with van der Waals surface area (Å²) >= 11 is 0. The zero-order valence-electron chi connectivity index (χ0n) is 12.1. The van der Waals surface area contributed by atoms with E-state index in [4.69, 9.17) is 4.84 Å². The average Bonchev–Trinajstić information content (AvgIpc) is 3.10. The Labute approximate surface area is 134 Å². The van der Waals surface area contributed by atoms with Crippen molar-refractivity contribution in [1.29, 1.82) is 0 Å². The maximum Gasteiger partial charge on any atom is 0.380 e. The molecule has 1 N–H and O–H groups in total. The summed E-state index contributed by atoms with van der Waals surface area (Å²) in [5.41, 5.74) is 0.763.